The lowest BCUT2D eigenvalue weighted by Crippen LogP contribution is -2.50. The van der Waals surface area contributed by atoms with E-state index in [0.29, 0.717) is 31.4 Å². The minimum absolute atomic E-state index is 0.0694. The molecule has 1 amide bonds. The number of aromatic nitrogens is 1. The molecule has 3 rings (SSSR count). The molecule has 1 aromatic heterocycles. The van der Waals surface area contributed by atoms with Gasteiger partial charge in [-0.25, -0.2) is 0 Å². The zero-order valence-electron chi connectivity index (χ0n) is 11.6. The molecule has 1 saturated carbocycles. The standard InChI is InChI=1S/C14H21N3O2/c1-14(2)9-16(5-6-19-14)13(18)12-7-10(15)8-17(12)11-3-4-11/h7-8,11H,3-6,9,15H2,1-2H3. The third-order valence-corrected chi connectivity index (χ3v) is 3.74. The summed E-state index contributed by atoms with van der Waals surface area (Å²) in [5, 5.41) is 0. The smallest absolute Gasteiger partial charge is 0.270 e. The van der Waals surface area contributed by atoms with E-state index in [1.54, 1.807) is 6.07 Å². The van der Waals surface area contributed by atoms with E-state index in [-0.39, 0.29) is 11.5 Å². The summed E-state index contributed by atoms with van der Waals surface area (Å²) in [7, 11) is 0. The van der Waals surface area contributed by atoms with Crippen molar-refractivity contribution in [2.24, 2.45) is 0 Å². The van der Waals surface area contributed by atoms with E-state index in [0.717, 1.165) is 18.5 Å². The second-order valence-electron chi connectivity index (χ2n) is 6.13. The number of nitrogens with zero attached hydrogens (tertiary/aromatic N) is 2. The fraction of sp³-hybridized carbons (Fsp3) is 0.643. The number of hydrogen-bond donors (Lipinski definition) is 1. The molecule has 1 aliphatic heterocycles. The summed E-state index contributed by atoms with van der Waals surface area (Å²) < 4.78 is 7.69. The zero-order valence-corrected chi connectivity index (χ0v) is 11.6. The normalized spacial score (nSPS) is 22.5. The molecule has 0 spiro atoms. The number of rotatable bonds is 2. The van der Waals surface area contributed by atoms with Crippen LogP contribution in [0.3, 0.4) is 0 Å². The van der Waals surface area contributed by atoms with Crippen LogP contribution >= 0.6 is 0 Å². The monoisotopic (exact) mass is 263 g/mol. The first kappa shape index (κ1) is 12.5. The van der Waals surface area contributed by atoms with E-state index in [1.807, 2.05) is 29.5 Å². The Balaban J connectivity index is 1.83. The number of nitrogens with two attached hydrogens (primary N) is 1. The average Bonchev–Trinajstić information content (AvgIpc) is 3.10. The topological polar surface area (TPSA) is 60.5 Å². The van der Waals surface area contributed by atoms with Crippen molar-refractivity contribution in [2.75, 3.05) is 25.4 Å². The van der Waals surface area contributed by atoms with Crippen LogP contribution in [0, 0.1) is 0 Å². The Morgan fingerprint density at radius 2 is 2.21 bits per heavy atom. The summed E-state index contributed by atoms with van der Waals surface area (Å²) in [6.07, 6.45) is 4.17. The molecule has 0 atom stereocenters. The molecule has 19 heavy (non-hydrogen) atoms. The maximum Gasteiger partial charge on any atom is 0.270 e. The predicted octanol–water partition coefficient (Wildman–Crippen LogP) is 1.66. The third-order valence-electron chi connectivity index (χ3n) is 3.74. The lowest BCUT2D eigenvalue weighted by molar-refractivity contribution is -0.0765. The van der Waals surface area contributed by atoms with Crippen molar-refractivity contribution in [1.29, 1.82) is 0 Å². The van der Waals surface area contributed by atoms with Gasteiger partial charge in [0.1, 0.15) is 5.69 Å². The fourth-order valence-corrected chi connectivity index (χ4v) is 2.68. The van der Waals surface area contributed by atoms with Gasteiger partial charge >= 0.3 is 0 Å². The number of nitrogen functional groups attached to an aromatic ring is 1. The maximum atomic E-state index is 12.6. The molecule has 2 aliphatic rings. The van der Waals surface area contributed by atoms with Crippen LogP contribution in [0.15, 0.2) is 12.3 Å². The van der Waals surface area contributed by atoms with Crippen LogP contribution in [-0.4, -0.2) is 40.7 Å². The minimum Gasteiger partial charge on any atom is -0.397 e. The first-order valence-electron chi connectivity index (χ1n) is 6.87. The van der Waals surface area contributed by atoms with Crippen LogP contribution in [0.5, 0.6) is 0 Å². The van der Waals surface area contributed by atoms with E-state index in [2.05, 4.69) is 0 Å². The molecule has 1 aliphatic carbocycles. The van der Waals surface area contributed by atoms with Crippen LogP contribution in [0.2, 0.25) is 0 Å². The largest absolute Gasteiger partial charge is 0.397 e. The highest BCUT2D eigenvalue weighted by molar-refractivity contribution is 5.94. The molecule has 5 nitrogen and oxygen atoms in total. The van der Waals surface area contributed by atoms with Gasteiger partial charge in [-0.05, 0) is 32.8 Å². The summed E-state index contributed by atoms with van der Waals surface area (Å²) >= 11 is 0. The quantitative estimate of drug-likeness (QED) is 0.882. The molecule has 0 bridgehead atoms. The van der Waals surface area contributed by atoms with Gasteiger partial charge in [-0.15, -0.1) is 0 Å². The van der Waals surface area contributed by atoms with Gasteiger partial charge in [0.05, 0.1) is 17.9 Å². The number of amides is 1. The Morgan fingerprint density at radius 3 is 2.84 bits per heavy atom. The molecule has 104 valence electrons. The zero-order chi connectivity index (χ0) is 13.6. The molecule has 2 fully saturated rings. The summed E-state index contributed by atoms with van der Waals surface area (Å²) in [6.45, 7) is 5.90. The lowest BCUT2D eigenvalue weighted by atomic mass is 10.1. The molecular formula is C14H21N3O2. The minimum atomic E-state index is -0.267. The highest BCUT2D eigenvalue weighted by atomic mass is 16.5. The van der Waals surface area contributed by atoms with E-state index >= 15 is 0 Å². The average molecular weight is 263 g/mol. The van der Waals surface area contributed by atoms with E-state index in [1.165, 1.54) is 0 Å². The number of anilines is 1. The second-order valence-corrected chi connectivity index (χ2v) is 6.13. The van der Waals surface area contributed by atoms with Crippen molar-refractivity contribution in [3.05, 3.63) is 18.0 Å². The van der Waals surface area contributed by atoms with E-state index in [4.69, 9.17) is 10.5 Å². The second kappa shape index (κ2) is 4.27. The molecule has 2 N–H and O–H groups in total. The van der Waals surface area contributed by atoms with E-state index < -0.39 is 0 Å². The summed E-state index contributed by atoms with van der Waals surface area (Å²) in [6, 6.07) is 2.26. The number of morpholine rings is 1. The fourth-order valence-electron chi connectivity index (χ4n) is 2.68. The van der Waals surface area contributed by atoms with Crippen molar-refractivity contribution in [2.45, 2.75) is 38.3 Å². The Labute approximate surface area is 113 Å². The SMILES string of the molecule is CC1(C)CN(C(=O)c2cc(N)cn2C2CC2)CCO1. The van der Waals surface area contributed by atoms with Crippen molar-refractivity contribution < 1.29 is 9.53 Å². The van der Waals surface area contributed by atoms with Crippen molar-refractivity contribution in [3.8, 4) is 0 Å². The van der Waals surface area contributed by atoms with Gasteiger partial charge in [0.25, 0.3) is 5.91 Å². The third kappa shape index (κ3) is 2.47. The molecule has 0 aromatic carbocycles. The molecule has 5 heteroatoms. The molecule has 1 saturated heterocycles. The molecule has 0 unspecified atom stereocenters. The molecule has 2 heterocycles. The Kier molecular flexibility index (Phi) is 2.82. The Bertz CT molecular complexity index is 503. The number of carbonyl (C=O) groups is 1. The highest BCUT2D eigenvalue weighted by Crippen LogP contribution is 2.37. The highest BCUT2D eigenvalue weighted by Gasteiger charge is 2.34. The van der Waals surface area contributed by atoms with Gasteiger partial charge in [0.15, 0.2) is 0 Å². The van der Waals surface area contributed by atoms with Gasteiger partial charge in [0.2, 0.25) is 0 Å². The van der Waals surface area contributed by atoms with Crippen LogP contribution in [0.1, 0.15) is 43.2 Å². The summed E-state index contributed by atoms with van der Waals surface area (Å²) in [4.78, 5) is 14.5. The Morgan fingerprint density at radius 1 is 1.47 bits per heavy atom. The van der Waals surface area contributed by atoms with Gasteiger partial charge in [-0.3, -0.25) is 4.79 Å². The van der Waals surface area contributed by atoms with Gasteiger partial charge in [0, 0.05) is 25.3 Å². The van der Waals surface area contributed by atoms with Crippen LogP contribution in [-0.2, 0) is 4.74 Å². The van der Waals surface area contributed by atoms with Gasteiger partial charge in [-0.2, -0.15) is 0 Å². The lowest BCUT2D eigenvalue weighted by Gasteiger charge is -2.38. The maximum absolute atomic E-state index is 12.6. The van der Waals surface area contributed by atoms with Crippen molar-refractivity contribution in [3.63, 3.8) is 0 Å². The molecule has 0 radical (unpaired) electrons. The van der Waals surface area contributed by atoms with Crippen molar-refractivity contribution >= 4 is 11.6 Å². The van der Waals surface area contributed by atoms with E-state index in [9.17, 15) is 4.79 Å². The summed E-state index contributed by atoms with van der Waals surface area (Å²) in [5.74, 6) is 0.0694. The number of ether oxygens (including phenoxy) is 1. The summed E-state index contributed by atoms with van der Waals surface area (Å²) in [5.41, 5.74) is 6.97. The van der Waals surface area contributed by atoms with Gasteiger partial charge < -0.3 is 19.9 Å². The van der Waals surface area contributed by atoms with Crippen LogP contribution in [0.25, 0.3) is 0 Å². The first-order valence-corrected chi connectivity index (χ1v) is 6.87. The molecular weight excluding hydrogens is 242 g/mol. The predicted molar refractivity (Wildman–Crippen MR) is 73.0 cm³/mol. The van der Waals surface area contributed by atoms with Crippen molar-refractivity contribution in [1.82, 2.24) is 9.47 Å². The number of hydrogen-bond acceptors (Lipinski definition) is 3. The first-order chi connectivity index (χ1) is 8.96. The number of carbonyl (C=O) groups excluding carboxylic acids is 1. The molecule has 1 aromatic rings. The Hall–Kier alpha value is -1.49. The van der Waals surface area contributed by atoms with Crippen LogP contribution in [0.4, 0.5) is 5.69 Å². The van der Waals surface area contributed by atoms with Gasteiger partial charge in [-0.1, -0.05) is 0 Å². The van der Waals surface area contributed by atoms with Crippen LogP contribution < -0.4 is 5.73 Å².